The number of para-hydroxylation sites is 1. The Kier molecular flexibility index (Phi) is 2.60. The van der Waals surface area contributed by atoms with Gasteiger partial charge in [0.1, 0.15) is 0 Å². The second-order valence-corrected chi connectivity index (χ2v) is 5.87. The Morgan fingerprint density at radius 1 is 1.40 bits per heavy atom. The van der Waals surface area contributed by atoms with Crippen molar-refractivity contribution in [3.05, 3.63) is 35.5 Å². The first-order valence-electron chi connectivity index (χ1n) is 7.16. The molecule has 104 valence electrons. The monoisotopic (exact) mass is 270 g/mol. The molecule has 0 amide bonds. The molecule has 0 radical (unpaired) electrons. The Morgan fingerprint density at radius 3 is 3.10 bits per heavy atom. The van der Waals surface area contributed by atoms with Crippen molar-refractivity contribution in [3.63, 3.8) is 0 Å². The number of hydrogen-bond acceptors (Lipinski definition) is 3. The fourth-order valence-corrected chi connectivity index (χ4v) is 3.79. The van der Waals surface area contributed by atoms with Crippen molar-refractivity contribution in [3.8, 4) is 0 Å². The van der Waals surface area contributed by atoms with E-state index in [1.165, 1.54) is 29.3 Å². The molecule has 0 bridgehead atoms. The van der Waals surface area contributed by atoms with Gasteiger partial charge in [0, 0.05) is 35.7 Å². The van der Waals surface area contributed by atoms with E-state index >= 15 is 0 Å². The number of aromatic amines is 1. The molecule has 20 heavy (non-hydrogen) atoms. The zero-order valence-electron chi connectivity index (χ0n) is 11.6. The van der Waals surface area contributed by atoms with Gasteiger partial charge in [-0.3, -0.25) is 9.69 Å². The summed E-state index contributed by atoms with van der Waals surface area (Å²) in [4.78, 5) is 17.7. The molecule has 4 nitrogen and oxygen atoms in total. The number of esters is 1. The highest BCUT2D eigenvalue weighted by Crippen LogP contribution is 2.36. The number of benzene rings is 1. The smallest absolute Gasteiger partial charge is 0.310 e. The van der Waals surface area contributed by atoms with Crippen LogP contribution in [0.15, 0.2) is 24.3 Å². The Bertz CT molecular complexity index is 676. The highest BCUT2D eigenvalue weighted by molar-refractivity contribution is 5.85. The SMILES string of the molecule is COC(=O)C1CC2Cc3c([nH]c4ccccc34)CN2C1. The van der Waals surface area contributed by atoms with Crippen LogP contribution in [0, 0.1) is 5.92 Å². The van der Waals surface area contributed by atoms with Crippen LogP contribution in [-0.2, 0) is 22.5 Å². The van der Waals surface area contributed by atoms with Gasteiger partial charge in [0.05, 0.1) is 13.0 Å². The van der Waals surface area contributed by atoms with Gasteiger partial charge in [0.25, 0.3) is 0 Å². The Morgan fingerprint density at radius 2 is 2.25 bits per heavy atom. The number of aromatic nitrogens is 1. The van der Waals surface area contributed by atoms with E-state index in [1.54, 1.807) is 0 Å². The summed E-state index contributed by atoms with van der Waals surface area (Å²) in [7, 11) is 1.48. The van der Waals surface area contributed by atoms with Gasteiger partial charge in [-0.25, -0.2) is 0 Å². The molecule has 2 aliphatic rings. The lowest BCUT2D eigenvalue weighted by molar-refractivity contribution is -0.144. The van der Waals surface area contributed by atoms with Crippen LogP contribution in [0.3, 0.4) is 0 Å². The van der Waals surface area contributed by atoms with Gasteiger partial charge in [-0.15, -0.1) is 0 Å². The van der Waals surface area contributed by atoms with Crippen molar-refractivity contribution in [2.75, 3.05) is 13.7 Å². The highest BCUT2D eigenvalue weighted by Gasteiger charge is 2.40. The molecule has 2 atom stereocenters. The molecule has 2 aliphatic heterocycles. The summed E-state index contributed by atoms with van der Waals surface area (Å²) in [6.45, 7) is 1.74. The molecule has 1 N–H and O–H groups in total. The molecule has 2 aromatic rings. The zero-order valence-corrected chi connectivity index (χ0v) is 11.6. The van der Waals surface area contributed by atoms with Crippen molar-refractivity contribution >= 4 is 16.9 Å². The molecule has 0 saturated carbocycles. The molecule has 1 aromatic heterocycles. The summed E-state index contributed by atoms with van der Waals surface area (Å²) in [5, 5.41) is 1.34. The van der Waals surface area contributed by atoms with Crippen molar-refractivity contribution in [1.29, 1.82) is 0 Å². The van der Waals surface area contributed by atoms with Crippen molar-refractivity contribution < 1.29 is 9.53 Å². The summed E-state index contributed by atoms with van der Waals surface area (Å²) < 4.78 is 4.90. The molecular weight excluding hydrogens is 252 g/mol. The summed E-state index contributed by atoms with van der Waals surface area (Å²) in [5.41, 5.74) is 3.98. The minimum atomic E-state index is -0.0621. The quantitative estimate of drug-likeness (QED) is 0.807. The van der Waals surface area contributed by atoms with Crippen LogP contribution >= 0.6 is 0 Å². The number of fused-ring (bicyclic) bond motifs is 4. The maximum absolute atomic E-state index is 11.7. The summed E-state index contributed by atoms with van der Waals surface area (Å²) in [6, 6.07) is 8.96. The molecule has 3 heterocycles. The van der Waals surface area contributed by atoms with Gasteiger partial charge in [-0.1, -0.05) is 18.2 Å². The summed E-state index contributed by atoms with van der Waals surface area (Å²) in [5.74, 6) is -0.0202. The second kappa shape index (κ2) is 4.35. The average Bonchev–Trinajstić information content (AvgIpc) is 3.04. The fourth-order valence-electron chi connectivity index (χ4n) is 3.79. The van der Waals surface area contributed by atoms with E-state index in [0.29, 0.717) is 6.04 Å². The third kappa shape index (κ3) is 1.68. The van der Waals surface area contributed by atoms with Crippen LogP contribution in [0.1, 0.15) is 17.7 Å². The summed E-state index contributed by atoms with van der Waals surface area (Å²) >= 11 is 0. The highest BCUT2D eigenvalue weighted by atomic mass is 16.5. The number of ether oxygens (including phenoxy) is 1. The van der Waals surface area contributed by atoms with E-state index in [9.17, 15) is 4.79 Å². The standard InChI is InChI=1S/C16H18N2O2/c1-20-16(19)10-6-11-7-13-12-4-2-3-5-14(12)17-15(13)9-18(11)8-10/h2-5,10-11,17H,6-9H2,1H3. The van der Waals surface area contributed by atoms with Crippen molar-refractivity contribution in [1.82, 2.24) is 9.88 Å². The topological polar surface area (TPSA) is 45.3 Å². The van der Waals surface area contributed by atoms with Crippen LogP contribution in [0.25, 0.3) is 10.9 Å². The lowest BCUT2D eigenvalue weighted by Crippen LogP contribution is -2.35. The number of hydrogen-bond donors (Lipinski definition) is 1. The normalized spacial score (nSPS) is 25.4. The number of carbonyl (C=O) groups excluding carboxylic acids is 1. The number of methoxy groups -OCH3 is 1. The number of H-pyrrole nitrogens is 1. The minimum absolute atomic E-state index is 0.0419. The van der Waals surface area contributed by atoms with Crippen molar-refractivity contribution in [2.24, 2.45) is 5.92 Å². The Hall–Kier alpha value is -1.81. The minimum Gasteiger partial charge on any atom is -0.469 e. The second-order valence-electron chi connectivity index (χ2n) is 5.87. The number of nitrogens with zero attached hydrogens (tertiary/aromatic N) is 1. The van der Waals surface area contributed by atoms with Gasteiger partial charge < -0.3 is 9.72 Å². The van der Waals surface area contributed by atoms with Crippen LogP contribution in [0.2, 0.25) is 0 Å². The van der Waals surface area contributed by atoms with Crippen LogP contribution < -0.4 is 0 Å². The maximum Gasteiger partial charge on any atom is 0.310 e. The number of nitrogens with one attached hydrogen (secondary N) is 1. The van der Waals surface area contributed by atoms with Gasteiger partial charge >= 0.3 is 5.97 Å². The Balaban J connectivity index is 1.66. The molecular formula is C16H18N2O2. The number of carbonyl (C=O) groups is 1. The van der Waals surface area contributed by atoms with Gasteiger partial charge in [0.15, 0.2) is 0 Å². The molecule has 0 spiro atoms. The fraction of sp³-hybridized carbons (Fsp3) is 0.438. The molecule has 2 unspecified atom stereocenters. The van der Waals surface area contributed by atoms with Crippen molar-refractivity contribution in [2.45, 2.75) is 25.4 Å². The molecule has 4 heteroatoms. The lowest BCUT2D eigenvalue weighted by atomic mass is 9.95. The first-order chi connectivity index (χ1) is 9.76. The zero-order chi connectivity index (χ0) is 13.7. The summed E-state index contributed by atoms with van der Waals surface area (Å²) in [6.07, 6.45) is 1.96. The van der Waals surface area contributed by atoms with E-state index in [0.717, 1.165) is 25.9 Å². The van der Waals surface area contributed by atoms with Gasteiger partial charge in [0.2, 0.25) is 0 Å². The first-order valence-corrected chi connectivity index (χ1v) is 7.16. The predicted octanol–water partition coefficient (Wildman–Crippen LogP) is 2.09. The molecule has 1 fully saturated rings. The molecule has 4 rings (SSSR count). The average molecular weight is 270 g/mol. The van der Waals surface area contributed by atoms with Crippen LogP contribution in [0.5, 0.6) is 0 Å². The van der Waals surface area contributed by atoms with Gasteiger partial charge in [-0.05, 0) is 24.5 Å². The predicted molar refractivity (Wildman–Crippen MR) is 76.3 cm³/mol. The molecule has 1 aromatic carbocycles. The van der Waals surface area contributed by atoms with Crippen LogP contribution in [-0.4, -0.2) is 35.5 Å². The largest absolute Gasteiger partial charge is 0.469 e. The van der Waals surface area contributed by atoms with E-state index in [-0.39, 0.29) is 11.9 Å². The Labute approximate surface area is 117 Å². The van der Waals surface area contributed by atoms with Gasteiger partial charge in [-0.2, -0.15) is 0 Å². The molecule has 0 aliphatic carbocycles. The number of rotatable bonds is 1. The van der Waals surface area contributed by atoms with E-state index in [2.05, 4.69) is 34.1 Å². The molecule has 1 saturated heterocycles. The van der Waals surface area contributed by atoms with Crippen LogP contribution in [0.4, 0.5) is 0 Å². The third-order valence-corrected chi connectivity index (χ3v) is 4.77. The maximum atomic E-state index is 11.7. The lowest BCUT2D eigenvalue weighted by Gasteiger charge is -2.29. The third-order valence-electron chi connectivity index (χ3n) is 4.77. The van der Waals surface area contributed by atoms with E-state index in [4.69, 9.17) is 4.74 Å². The van der Waals surface area contributed by atoms with E-state index < -0.39 is 0 Å². The van der Waals surface area contributed by atoms with E-state index in [1.807, 2.05) is 0 Å². The first kappa shape index (κ1) is 12.0.